The van der Waals surface area contributed by atoms with Crippen molar-refractivity contribution in [3.8, 4) is 0 Å². The van der Waals surface area contributed by atoms with Gasteiger partial charge in [0.05, 0.1) is 17.8 Å². The van der Waals surface area contributed by atoms with Gasteiger partial charge in [-0.05, 0) is 24.5 Å². The van der Waals surface area contributed by atoms with Gasteiger partial charge >= 0.3 is 0 Å². The Kier molecular flexibility index (Phi) is 4.39. The van der Waals surface area contributed by atoms with Crippen LogP contribution in [0.3, 0.4) is 0 Å². The SMILES string of the molecule is O=C1CNc2ncc(C(=O)N(C/C=C/c3ccccc3)C3CC3)cc2N1. The summed E-state index contributed by atoms with van der Waals surface area (Å²) < 4.78 is 0. The van der Waals surface area contributed by atoms with E-state index in [1.807, 2.05) is 47.4 Å². The predicted molar refractivity (Wildman–Crippen MR) is 101 cm³/mol. The maximum absolute atomic E-state index is 13.0. The van der Waals surface area contributed by atoms with E-state index in [-0.39, 0.29) is 24.4 Å². The average Bonchev–Trinajstić information content (AvgIpc) is 3.50. The van der Waals surface area contributed by atoms with E-state index >= 15 is 0 Å². The summed E-state index contributed by atoms with van der Waals surface area (Å²) in [5, 5.41) is 5.69. The number of carbonyl (C=O) groups excluding carboxylic acids is 2. The van der Waals surface area contributed by atoms with E-state index in [9.17, 15) is 9.59 Å². The van der Waals surface area contributed by atoms with Crippen molar-refractivity contribution in [3.63, 3.8) is 0 Å². The lowest BCUT2D eigenvalue weighted by Gasteiger charge is -2.22. The van der Waals surface area contributed by atoms with E-state index in [4.69, 9.17) is 0 Å². The number of rotatable bonds is 5. The third kappa shape index (κ3) is 3.59. The van der Waals surface area contributed by atoms with Crippen LogP contribution in [-0.4, -0.2) is 40.8 Å². The van der Waals surface area contributed by atoms with Crippen LogP contribution < -0.4 is 10.6 Å². The summed E-state index contributed by atoms with van der Waals surface area (Å²) in [4.78, 5) is 30.6. The minimum absolute atomic E-state index is 0.0552. The molecule has 1 aromatic heterocycles. The number of amides is 2. The maximum Gasteiger partial charge on any atom is 0.256 e. The van der Waals surface area contributed by atoms with E-state index in [0.717, 1.165) is 18.4 Å². The molecule has 0 bridgehead atoms. The fourth-order valence-corrected chi connectivity index (χ4v) is 2.99. The summed E-state index contributed by atoms with van der Waals surface area (Å²) in [6, 6.07) is 12.0. The van der Waals surface area contributed by atoms with Crippen molar-refractivity contribution in [3.05, 3.63) is 59.8 Å². The fourth-order valence-electron chi connectivity index (χ4n) is 2.99. The van der Waals surface area contributed by atoms with Gasteiger partial charge in [0.25, 0.3) is 5.91 Å². The summed E-state index contributed by atoms with van der Waals surface area (Å²) >= 11 is 0. The van der Waals surface area contributed by atoms with Crippen LogP contribution in [0.4, 0.5) is 11.5 Å². The molecular weight excluding hydrogens is 328 g/mol. The monoisotopic (exact) mass is 348 g/mol. The molecule has 0 saturated heterocycles. The summed E-state index contributed by atoms with van der Waals surface area (Å²) in [6.45, 7) is 0.756. The van der Waals surface area contributed by atoms with Gasteiger partial charge in [-0.2, -0.15) is 0 Å². The number of nitrogens with one attached hydrogen (secondary N) is 2. The Bertz CT molecular complexity index is 859. The van der Waals surface area contributed by atoms with Gasteiger partial charge in [-0.3, -0.25) is 9.59 Å². The molecule has 2 N–H and O–H groups in total. The topological polar surface area (TPSA) is 74.3 Å². The average molecular weight is 348 g/mol. The van der Waals surface area contributed by atoms with Gasteiger partial charge in [-0.25, -0.2) is 4.98 Å². The summed E-state index contributed by atoms with van der Waals surface area (Å²) in [5.74, 6) is 0.414. The van der Waals surface area contributed by atoms with Crippen molar-refractivity contribution in [2.24, 2.45) is 0 Å². The molecule has 1 aliphatic heterocycles. The number of pyridine rings is 1. The minimum atomic E-state index is -0.131. The summed E-state index contributed by atoms with van der Waals surface area (Å²) in [5.41, 5.74) is 2.16. The second kappa shape index (κ2) is 7.00. The zero-order chi connectivity index (χ0) is 17.9. The number of aromatic nitrogens is 1. The molecule has 2 heterocycles. The molecular formula is C20H20N4O2. The lowest BCUT2D eigenvalue weighted by Crippen LogP contribution is -2.34. The molecule has 1 aromatic carbocycles. The van der Waals surface area contributed by atoms with Crippen LogP contribution in [-0.2, 0) is 4.79 Å². The van der Waals surface area contributed by atoms with Crippen LogP contribution in [0.5, 0.6) is 0 Å². The minimum Gasteiger partial charge on any atom is -0.359 e. The molecule has 6 nitrogen and oxygen atoms in total. The highest BCUT2D eigenvalue weighted by atomic mass is 16.2. The Morgan fingerprint density at radius 3 is 2.85 bits per heavy atom. The van der Waals surface area contributed by atoms with Crippen LogP contribution in [0.2, 0.25) is 0 Å². The highest BCUT2D eigenvalue weighted by molar-refractivity contribution is 6.02. The number of anilines is 2. The van der Waals surface area contributed by atoms with Crippen molar-refractivity contribution in [1.29, 1.82) is 0 Å². The van der Waals surface area contributed by atoms with Gasteiger partial charge < -0.3 is 15.5 Å². The van der Waals surface area contributed by atoms with E-state index in [1.54, 1.807) is 12.3 Å². The number of carbonyl (C=O) groups is 2. The fraction of sp³-hybridized carbons (Fsp3) is 0.250. The second-order valence-electron chi connectivity index (χ2n) is 6.52. The van der Waals surface area contributed by atoms with E-state index in [0.29, 0.717) is 23.6 Å². The number of fused-ring (bicyclic) bond motifs is 1. The molecule has 0 atom stereocenters. The molecule has 6 heteroatoms. The lowest BCUT2D eigenvalue weighted by molar-refractivity contribution is -0.114. The van der Waals surface area contributed by atoms with E-state index < -0.39 is 0 Å². The van der Waals surface area contributed by atoms with Crippen LogP contribution in [0, 0.1) is 0 Å². The normalized spacial score (nSPS) is 15.9. The highest BCUT2D eigenvalue weighted by Crippen LogP contribution is 2.30. The molecule has 2 aliphatic rings. The van der Waals surface area contributed by atoms with E-state index in [2.05, 4.69) is 15.6 Å². The zero-order valence-corrected chi connectivity index (χ0v) is 14.3. The molecule has 4 rings (SSSR count). The summed E-state index contributed by atoms with van der Waals surface area (Å²) in [7, 11) is 0. The first-order valence-electron chi connectivity index (χ1n) is 8.77. The number of hydrogen-bond donors (Lipinski definition) is 2. The predicted octanol–water partition coefficient (Wildman–Crippen LogP) is 2.76. The van der Waals surface area contributed by atoms with Crippen molar-refractivity contribution < 1.29 is 9.59 Å². The maximum atomic E-state index is 13.0. The standard InChI is InChI=1S/C20H20N4O2/c25-18-13-22-19-17(23-18)11-15(12-21-19)20(26)24(16-8-9-16)10-4-7-14-5-2-1-3-6-14/h1-7,11-12,16H,8-10,13H2,(H,21,22)(H,23,25)/b7-4+. The Morgan fingerprint density at radius 2 is 2.08 bits per heavy atom. The number of hydrogen-bond acceptors (Lipinski definition) is 4. The van der Waals surface area contributed by atoms with Gasteiger partial charge in [0.1, 0.15) is 5.82 Å². The number of benzene rings is 1. The van der Waals surface area contributed by atoms with Crippen molar-refractivity contribution in [1.82, 2.24) is 9.88 Å². The van der Waals surface area contributed by atoms with Gasteiger partial charge in [-0.1, -0.05) is 42.5 Å². The first-order valence-corrected chi connectivity index (χ1v) is 8.77. The molecule has 1 aliphatic carbocycles. The summed E-state index contributed by atoms with van der Waals surface area (Å²) in [6.07, 6.45) is 7.67. The first kappa shape index (κ1) is 16.3. The quantitative estimate of drug-likeness (QED) is 0.871. The van der Waals surface area contributed by atoms with Gasteiger partial charge in [0, 0.05) is 18.8 Å². The smallest absolute Gasteiger partial charge is 0.256 e. The molecule has 1 saturated carbocycles. The molecule has 0 radical (unpaired) electrons. The Labute approximate surface area is 151 Å². The zero-order valence-electron chi connectivity index (χ0n) is 14.3. The van der Waals surface area contributed by atoms with Crippen LogP contribution in [0.1, 0.15) is 28.8 Å². The molecule has 26 heavy (non-hydrogen) atoms. The number of nitrogens with zero attached hydrogens (tertiary/aromatic N) is 2. The molecule has 2 amide bonds. The third-order valence-electron chi connectivity index (χ3n) is 4.49. The van der Waals surface area contributed by atoms with Crippen molar-refractivity contribution in [2.45, 2.75) is 18.9 Å². The van der Waals surface area contributed by atoms with Crippen LogP contribution >= 0.6 is 0 Å². The molecule has 0 unspecified atom stereocenters. The van der Waals surface area contributed by atoms with Crippen LogP contribution in [0.25, 0.3) is 6.08 Å². The van der Waals surface area contributed by atoms with Crippen molar-refractivity contribution >= 4 is 29.4 Å². The Balaban J connectivity index is 1.50. The lowest BCUT2D eigenvalue weighted by atomic mass is 10.2. The molecule has 132 valence electrons. The van der Waals surface area contributed by atoms with Gasteiger partial charge in [0.15, 0.2) is 0 Å². The first-order chi connectivity index (χ1) is 12.7. The Hall–Kier alpha value is -3.15. The highest BCUT2D eigenvalue weighted by Gasteiger charge is 2.32. The van der Waals surface area contributed by atoms with Crippen LogP contribution in [0.15, 0.2) is 48.7 Å². The molecule has 0 spiro atoms. The largest absolute Gasteiger partial charge is 0.359 e. The van der Waals surface area contributed by atoms with E-state index in [1.165, 1.54) is 0 Å². The van der Waals surface area contributed by atoms with Gasteiger partial charge in [-0.15, -0.1) is 0 Å². The Morgan fingerprint density at radius 1 is 1.27 bits per heavy atom. The molecule has 1 fully saturated rings. The van der Waals surface area contributed by atoms with Gasteiger partial charge in [0.2, 0.25) is 5.91 Å². The molecule has 2 aromatic rings. The van der Waals surface area contributed by atoms with Crippen molar-refractivity contribution in [2.75, 3.05) is 23.7 Å². The second-order valence-corrected chi connectivity index (χ2v) is 6.52. The third-order valence-corrected chi connectivity index (χ3v) is 4.49.